The Kier molecular flexibility index (Phi) is 7.49. The summed E-state index contributed by atoms with van der Waals surface area (Å²) in [4.78, 5) is 12.4. The van der Waals surface area contributed by atoms with Gasteiger partial charge in [0.15, 0.2) is 11.5 Å². The monoisotopic (exact) mass is 371 g/mol. The maximum absolute atomic E-state index is 12.4. The SMILES string of the molecule is CC[C@H](Nc1ccccc1)C(=O)N/N=C\c1cc(OC)c(OC)c(OC)c1. The molecule has 2 aromatic rings. The second-order valence-electron chi connectivity index (χ2n) is 5.66. The predicted molar refractivity (Wildman–Crippen MR) is 106 cm³/mol. The van der Waals surface area contributed by atoms with E-state index in [-0.39, 0.29) is 11.9 Å². The fourth-order valence-corrected chi connectivity index (χ4v) is 2.51. The summed E-state index contributed by atoms with van der Waals surface area (Å²) in [5.74, 6) is 1.31. The van der Waals surface area contributed by atoms with Crippen LogP contribution < -0.4 is 25.0 Å². The molecular formula is C20H25N3O4. The van der Waals surface area contributed by atoms with E-state index in [4.69, 9.17) is 14.2 Å². The van der Waals surface area contributed by atoms with E-state index in [0.717, 1.165) is 5.69 Å². The Bertz CT molecular complexity index is 753. The molecule has 1 amide bonds. The highest BCUT2D eigenvalue weighted by molar-refractivity contribution is 5.87. The number of nitrogens with one attached hydrogen (secondary N) is 2. The molecule has 0 saturated carbocycles. The first-order chi connectivity index (χ1) is 13.1. The van der Waals surface area contributed by atoms with Gasteiger partial charge in [0.25, 0.3) is 5.91 Å². The number of methoxy groups -OCH3 is 3. The zero-order valence-corrected chi connectivity index (χ0v) is 16.0. The Hall–Kier alpha value is -3.22. The highest BCUT2D eigenvalue weighted by Gasteiger charge is 2.16. The van der Waals surface area contributed by atoms with Gasteiger partial charge in [0.05, 0.1) is 27.5 Å². The molecule has 0 bridgehead atoms. The van der Waals surface area contributed by atoms with Gasteiger partial charge < -0.3 is 19.5 Å². The number of anilines is 1. The minimum absolute atomic E-state index is 0.218. The van der Waals surface area contributed by atoms with Crippen LogP contribution in [0.2, 0.25) is 0 Å². The van der Waals surface area contributed by atoms with Gasteiger partial charge in [-0.1, -0.05) is 25.1 Å². The van der Waals surface area contributed by atoms with Crippen molar-refractivity contribution in [3.63, 3.8) is 0 Å². The largest absolute Gasteiger partial charge is 0.493 e. The number of carbonyl (C=O) groups is 1. The van der Waals surface area contributed by atoms with E-state index in [1.54, 1.807) is 33.5 Å². The summed E-state index contributed by atoms with van der Waals surface area (Å²) in [7, 11) is 4.63. The Morgan fingerprint density at radius 2 is 1.70 bits per heavy atom. The lowest BCUT2D eigenvalue weighted by molar-refractivity contribution is -0.121. The third kappa shape index (κ3) is 5.37. The third-order valence-corrected chi connectivity index (χ3v) is 3.91. The molecule has 1 atom stereocenters. The van der Waals surface area contributed by atoms with Gasteiger partial charge in [-0.3, -0.25) is 4.79 Å². The lowest BCUT2D eigenvalue weighted by Crippen LogP contribution is -2.36. The van der Waals surface area contributed by atoms with Crippen LogP contribution in [0.5, 0.6) is 17.2 Å². The van der Waals surface area contributed by atoms with Crippen LogP contribution in [-0.2, 0) is 4.79 Å². The number of hydrogen-bond acceptors (Lipinski definition) is 6. The van der Waals surface area contributed by atoms with Crippen molar-refractivity contribution in [3.05, 3.63) is 48.0 Å². The maximum atomic E-state index is 12.4. The minimum Gasteiger partial charge on any atom is -0.493 e. The molecule has 0 radical (unpaired) electrons. The van der Waals surface area contributed by atoms with E-state index < -0.39 is 0 Å². The zero-order valence-electron chi connectivity index (χ0n) is 16.0. The number of benzene rings is 2. The molecule has 0 saturated heterocycles. The fraction of sp³-hybridized carbons (Fsp3) is 0.300. The van der Waals surface area contributed by atoms with E-state index >= 15 is 0 Å². The summed E-state index contributed by atoms with van der Waals surface area (Å²) in [5.41, 5.74) is 4.15. The molecule has 0 spiro atoms. The molecule has 27 heavy (non-hydrogen) atoms. The second-order valence-corrected chi connectivity index (χ2v) is 5.66. The number of ether oxygens (including phenoxy) is 3. The topological polar surface area (TPSA) is 81.2 Å². The maximum Gasteiger partial charge on any atom is 0.262 e. The molecule has 0 aromatic heterocycles. The Morgan fingerprint density at radius 3 is 2.22 bits per heavy atom. The molecule has 144 valence electrons. The number of amides is 1. The van der Waals surface area contributed by atoms with E-state index in [1.165, 1.54) is 6.21 Å². The van der Waals surface area contributed by atoms with Crippen LogP contribution >= 0.6 is 0 Å². The molecule has 7 heteroatoms. The first kappa shape index (κ1) is 20.1. The normalized spacial score (nSPS) is 11.7. The van der Waals surface area contributed by atoms with Crippen molar-refractivity contribution in [1.82, 2.24) is 5.43 Å². The summed E-state index contributed by atoms with van der Waals surface area (Å²) in [6.45, 7) is 1.93. The summed E-state index contributed by atoms with van der Waals surface area (Å²) >= 11 is 0. The van der Waals surface area contributed by atoms with Gasteiger partial charge in [-0.05, 0) is 30.7 Å². The molecule has 2 aromatic carbocycles. The number of hydrazone groups is 1. The van der Waals surface area contributed by atoms with Crippen molar-refractivity contribution in [2.24, 2.45) is 5.10 Å². The average Bonchev–Trinajstić information content (AvgIpc) is 2.71. The number of hydrogen-bond donors (Lipinski definition) is 2. The Labute approximate surface area is 159 Å². The van der Waals surface area contributed by atoms with Gasteiger partial charge in [-0.25, -0.2) is 5.43 Å². The van der Waals surface area contributed by atoms with E-state index in [2.05, 4.69) is 15.8 Å². The number of carbonyl (C=O) groups excluding carboxylic acids is 1. The molecule has 2 N–H and O–H groups in total. The molecule has 2 rings (SSSR count). The van der Waals surface area contributed by atoms with Crippen molar-refractivity contribution in [3.8, 4) is 17.2 Å². The smallest absolute Gasteiger partial charge is 0.262 e. The van der Waals surface area contributed by atoms with Gasteiger partial charge in [0.1, 0.15) is 6.04 Å². The van der Waals surface area contributed by atoms with Crippen molar-refractivity contribution in [1.29, 1.82) is 0 Å². The number of para-hydroxylation sites is 1. The van der Waals surface area contributed by atoms with Gasteiger partial charge in [-0.15, -0.1) is 0 Å². The van der Waals surface area contributed by atoms with Crippen LogP contribution in [0.4, 0.5) is 5.69 Å². The van der Waals surface area contributed by atoms with Gasteiger partial charge in [0, 0.05) is 11.3 Å². The minimum atomic E-state index is -0.385. The second kappa shape index (κ2) is 10.1. The van der Waals surface area contributed by atoms with E-state index in [0.29, 0.717) is 29.2 Å². The quantitative estimate of drug-likeness (QED) is 0.523. The van der Waals surface area contributed by atoms with Crippen LogP contribution in [0.25, 0.3) is 0 Å². The molecular weight excluding hydrogens is 346 g/mol. The van der Waals surface area contributed by atoms with Crippen LogP contribution in [0.1, 0.15) is 18.9 Å². The molecule has 0 aliphatic heterocycles. The van der Waals surface area contributed by atoms with Crippen molar-refractivity contribution >= 4 is 17.8 Å². The fourth-order valence-electron chi connectivity index (χ4n) is 2.51. The number of nitrogens with zero attached hydrogens (tertiary/aromatic N) is 1. The van der Waals surface area contributed by atoms with Crippen LogP contribution in [0, 0.1) is 0 Å². The van der Waals surface area contributed by atoms with Crippen LogP contribution in [0.3, 0.4) is 0 Å². The zero-order chi connectivity index (χ0) is 19.6. The third-order valence-electron chi connectivity index (χ3n) is 3.91. The lowest BCUT2D eigenvalue weighted by Gasteiger charge is -2.16. The highest BCUT2D eigenvalue weighted by atomic mass is 16.5. The predicted octanol–water partition coefficient (Wildman–Crippen LogP) is 3.05. The van der Waals surface area contributed by atoms with Crippen molar-refractivity contribution < 1.29 is 19.0 Å². The van der Waals surface area contributed by atoms with E-state index in [9.17, 15) is 4.79 Å². The lowest BCUT2D eigenvalue weighted by atomic mass is 10.2. The summed E-state index contributed by atoms with van der Waals surface area (Å²) in [6.07, 6.45) is 2.15. The molecule has 0 aliphatic carbocycles. The van der Waals surface area contributed by atoms with Crippen molar-refractivity contribution in [2.45, 2.75) is 19.4 Å². The summed E-state index contributed by atoms with van der Waals surface area (Å²) in [5, 5.41) is 7.23. The van der Waals surface area contributed by atoms with Gasteiger partial charge in [-0.2, -0.15) is 5.10 Å². The van der Waals surface area contributed by atoms with E-state index in [1.807, 2.05) is 37.3 Å². The molecule has 7 nitrogen and oxygen atoms in total. The number of rotatable bonds is 9. The summed E-state index contributed by atoms with van der Waals surface area (Å²) in [6, 6.07) is 12.7. The van der Waals surface area contributed by atoms with Crippen LogP contribution in [-0.4, -0.2) is 39.5 Å². The van der Waals surface area contributed by atoms with Gasteiger partial charge >= 0.3 is 0 Å². The standard InChI is InChI=1S/C20H25N3O4/c1-5-16(22-15-9-7-6-8-10-15)20(24)23-21-13-14-11-17(25-2)19(27-4)18(12-14)26-3/h6-13,16,22H,5H2,1-4H3,(H,23,24)/b21-13-/t16-/m0/s1. The summed E-state index contributed by atoms with van der Waals surface area (Å²) < 4.78 is 15.9. The molecule has 0 fully saturated rings. The molecule has 0 aliphatic rings. The average molecular weight is 371 g/mol. The van der Waals surface area contributed by atoms with Crippen LogP contribution in [0.15, 0.2) is 47.6 Å². The highest BCUT2D eigenvalue weighted by Crippen LogP contribution is 2.37. The van der Waals surface area contributed by atoms with Gasteiger partial charge in [0.2, 0.25) is 5.75 Å². The first-order valence-corrected chi connectivity index (χ1v) is 8.57. The Balaban J connectivity index is 2.06. The van der Waals surface area contributed by atoms with Crippen molar-refractivity contribution in [2.75, 3.05) is 26.6 Å². The first-order valence-electron chi connectivity index (χ1n) is 8.57. The Morgan fingerprint density at radius 1 is 1.07 bits per heavy atom. The molecule has 0 unspecified atom stereocenters. The molecule has 0 heterocycles.